The van der Waals surface area contributed by atoms with Gasteiger partial charge in [-0.1, -0.05) is 24.6 Å². The van der Waals surface area contributed by atoms with Crippen LogP contribution < -0.4 is 5.73 Å². The zero-order valence-corrected chi connectivity index (χ0v) is 11.7. The lowest BCUT2D eigenvalue weighted by Crippen LogP contribution is -2.35. The standard InChI is InChI=1S/C17H25N/c1-11-4-3-5-12(2)15(11)10-17(18)16-9-13-6-7-14(16)8-13/h3-5,13-14,16-17H,6-10,18H2,1-2H3. The van der Waals surface area contributed by atoms with Crippen LogP contribution in [-0.4, -0.2) is 6.04 Å². The Morgan fingerprint density at radius 1 is 1.17 bits per heavy atom. The van der Waals surface area contributed by atoms with Gasteiger partial charge in [0.15, 0.2) is 0 Å². The van der Waals surface area contributed by atoms with E-state index in [0.717, 1.165) is 24.2 Å². The van der Waals surface area contributed by atoms with Gasteiger partial charge < -0.3 is 5.73 Å². The third-order valence-corrected chi connectivity index (χ3v) is 5.43. The first-order valence-electron chi connectivity index (χ1n) is 7.46. The SMILES string of the molecule is Cc1cccc(C)c1CC(N)C1CC2CCC1C2. The Morgan fingerprint density at radius 2 is 1.89 bits per heavy atom. The van der Waals surface area contributed by atoms with Gasteiger partial charge in [0, 0.05) is 6.04 Å². The van der Waals surface area contributed by atoms with Crippen molar-refractivity contribution in [3.8, 4) is 0 Å². The third kappa shape index (κ3) is 2.09. The number of aryl methyl sites for hydroxylation is 2. The lowest BCUT2D eigenvalue weighted by atomic mass is 9.80. The number of nitrogens with two attached hydrogens (primary N) is 1. The normalized spacial score (nSPS) is 31.8. The van der Waals surface area contributed by atoms with E-state index in [4.69, 9.17) is 5.73 Å². The zero-order valence-electron chi connectivity index (χ0n) is 11.7. The van der Waals surface area contributed by atoms with Crippen molar-refractivity contribution in [3.63, 3.8) is 0 Å². The van der Waals surface area contributed by atoms with Gasteiger partial charge in [-0.25, -0.2) is 0 Å². The molecule has 0 spiro atoms. The number of hydrogen-bond donors (Lipinski definition) is 1. The van der Waals surface area contributed by atoms with Gasteiger partial charge in [0.25, 0.3) is 0 Å². The van der Waals surface area contributed by atoms with Crippen LogP contribution in [0.2, 0.25) is 0 Å². The summed E-state index contributed by atoms with van der Waals surface area (Å²) in [5.74, 6) is 2.74. The Bertz CT molecular complexity index is 417. The minimum absolute atomic E-state index is 0.375. The molecule has 0 aliphatic heterocycles. The highest BCUT2D eigenvalue weighted by Gasteiger charge is 2.41. The van der Waals surface area contributed by atoms with Gasteiger partial charge in [-0.15, -0.1) is 0 Å². The molecule has 18 heavy (non-hydrogen) atoms. The maximum Gasteiger partial charge on any atom is 0.0111 e. The molecule has 2 bridgehead atoms. The Morgan fingerprint density at radius 3 is 2.44 bits per heavy atom. The topological polar surface area (TPSA) is 26.0 Å². The number of benzene rings is 1. The van der Waals surface area contributed by atoms with E-state index >= 15 is 0 Å². The minimum atomic E-state index is 0.375. The molecule has 4 unspecified atom stereocenters. The van der Waals surface area contributed by atoms with Crippen molar-refractivity contribution < 1.29 is 0 Å². The van der Waals surface area contributed by atoms with Crippen molar-refractivity contribution in [2.75, 3.05) is 0 Å². The van der Waals surface area contributed by atoms with Crippen molar-refractivity contribution in [2.45, 2.75) is 52.0 Å². The average Bonchev–Trinajstić information content (AvgIpc) is 2.96. The van der Waals surface area contributed by atoms with Crippen molar-refractivity contribution in [1.82, 2.24) is 0 Å². The Balaban J connectivity index is 1.73. The second-order valence-electron chi connectivity index (χ2n) is 6.58. The summed E-state index contributed by atoms with van der Waals surface area (Å²) in [5, 5.41) is 0. The summed E-state index contributed by atoms with van der Waals surface area (Å²) < 4.78 is 0. The van der Waals surface area contributed by atoms with Gasteiger partial charge >= 0.3 is 0 Å². The van der Waals surface area contributed by atoms with E-state index in [9.17, 15) is 0 Å². The highest BCUT2D eigenvalue weighted by Crippen LogP contribution is 2.49. The molecule has 1 aromatic rings. The molecule has 0 heterocycles. The molecule has 2 saturated carbocycles. The fourth-order valence-electron chi connectivity index (χ4n) is 4.38. The molecule has 2 fully saturated rings. The van der Waals surface area contributed by atoms with E-state index in [0.29, 0.717) is 6.04 Å². The quantitative estimate of drug-likeness (QED) is 0.862. The van der Waals surface area contributed by atoms with Gasteiger partial charge in [-0.3, -0.25) is 0 Å². The molecular formula is C17H25N. The molecule has 4 atom stereocenters. The second-order valence-corrected chi connectivity index (χ2v) is 6.58. The molecular weight excluding hydrogens is 218 g/mol. The molecule has 1 aromatic carbocycles. The summed E-state index contributed by atoms with van der Waals surface area (Å²) in [6.45, 7) is 4.44. The Kier molecular flexibility index (Phi) is 3.19. The van der Waals surface area contributed by atoms with E-state index in [1.165, 1.54) is 42.4 Å². The van der Waals surface area contributed by atoms with Crippen LogP contribution in [-0.2, 0) is 6.42 Å². The maximum absolute atomic E-state index is 6.54. The van der Waals surface area contributed by atoms with Gasteiger partial charge in [-0.2, -0.15) is 0 Å². The molecule has 0 saturated heterocycles. The molecule has 98 valence electrons. The highest BCUT2D eigenvalue weighted by molar-refractivity contribution is 5.34. The van der Waals surface area contributed by atoms with Gasteiger partial charge in [0.2, 0.25) is 0 Å². The van der Waals surface area contributed by atoms with E-state index < -0.39 is 0 Å². The van der Waals surface area contributed by atoms with Crippen molar-refractivity contribution in [2.24, 2.45) is 23.5 Å². The van der Waals surface area contributed by atoms with E-state index in [-0.39, 0.29) is 0 Å². The largest absolute Gasteiger partial charge is 0.327 e. The molecule has 1 nitrogen and oxygen atoms in total. The molecule has 0 radical (unpaired) electrons. The average molecular weight is 243 g/mol. The van der Waals surface area contributed by atoms with Crippen molar-refractivity contribution >= 4 is 0 Å². The first kappa shape index (κ1) is 12.2. The fourth-order valence-corrected chi connectivity index (χ4v) is 4.38. The lowest BCUT2D eigenvalue weighted by molar-refractivity contribution is 0.280. The molecule has 2 aliphatic carbocycles. The molecule has 2 aliphatic rings. The highest BCUT2D eigenvalue weighted by atomic mass is 14.7. The summed E-state index contributed by atoms with van der Waals surface area (Å²) in [5.41, 5.74) is 10.9. The van der Waals surface area contributed by atoms with Crippen LogP contribution in [0.1, 0.15) is 42.4 Å². The van der Waals surface area contributed by atoms with Crippen molar-refractivity contribution in [3.05, 3.63) is 34.9 Å². The first-order chi connectivity index (χ1) is 8.65. The summed E-state index contributed by atoms with van der Waals surface area (Å²) in [4.78, 5) is 0. The van der Waals surface area contributed by atoms with E-state index in [1.807, 2.05) is 0 Å². The van der Waals surface area contributed by atoms with Crippen LogP contribution >= 0.6 is 0 Å². The number of hydrogen-bond acceptors (Lipinski definition) is 1. The van der Waals surface area contributed by atoms with Gasteiger partial charge in [-0.05, 0) is 74.0 Å². The van der Waals surface area contributed by atoms with Gasteiger partial charge in [0.1, 0.15) is 0 Å². The molecule has 1 heteroatoms. The number of fused-ring (bicyclic) bond motifs is 2. The summed E-state index contributed by atoms with van der Waals surface area (Å²) in [6.07, 6.45) is 6.85. The maximum atomic E-state index is 6.54. The monoisotopic (exact) mass is 243 g/mol. The Hall–Kier alpha value is -0.820. The van der Waals surface area contributed by atoms with Gasteiger partial charge in [0.05, 0.1) is 0 Å². The van der Waals surface area contributed by atoms with Crippen LogP contribution in [0.5, 0.6) is 0 Å². The minimum Gasteiger partial charge on any atom is -0.327 e. The van der Waals surface area contributed by atoms with E-state index in [1.54, 1.807) is 0 Å². The summed E-state index contributed by atoms with van der Waals surface area (Å²) in [6, 6.07) is 6.96. The molecule has 3 rings (SSSR count). The van der Waals surface area contributed by atoms with E-state index in [2.05, 4.69) is 32.0 Å². The molecule has 0 amide bonds. The fraction of sp³-hybridized carbons (Fsp3) is 0.647. The predicted molar refractivity (Wildman–Crippen MR) is 76.5 cm³/mol. The Labute approximate surface area is 111 Å². The second kappa shape index (κ2) is 4.70. The molecule has 2 N–H and O–H groups in total. The van der Waals surface area contributed by atoms with Crippen LogP contribution in [0, 0.1) is 31.6 Å². The third-order valence-electron chi connectivity index (χ3n) is 5.43. The first-order valence-corrected chi connectivity index (χ1v) is 7.46. The van der Waals surface area contributed by atoms with Crippen LogP contribution in [0.25, 0.3) is 0 Å². The summed E-state index contributed by atoms with van der Waals surface area (Å²) in [7, 11) is 0. The number of rotatable bonds is 3. The van der Waals surface area contributed by atoms with Crippen LogP contribution in [0.4, 0.5) is 0 Å². The van der Waals surface area contributed by atoms with Crippen LogP contribution in [0.15, 0.2) is 18.2 Å². The molecule has 0 aromatic heterocycles. The zero-order chi connectivity index (χ0) is 12.7. The predicted octanol–water partition coefficient (Wildman–Crippen LogP) is 3.61. The summed E-state index contributed by atoms with van der Waals surface area (Å²) >= 11 is 0. The smallest absolute Gasteiger partial charge is 0.0111 e. The lowest BCUT2D eigenvalue weighted by Gasteiger charge is -2.28. The van der Waals surface area contributed by atoms with Crippen LogP contribution in [0.3, 0.4) is 0 Å². The van der Waals surface area contributed by atoms with Crippen molar-refractivity contribution in [1.29, 1.82) is 0 Å².